The summed E-state index contributed by atoms with van der Waals surface area (Å²) in [6, 6.07) is 0. The molecule has 1 aromatic rings. The van der Waals surface area contributed by atoms with E-state index < -0.39 is 0 Å². The van der Waals surface area contributed by atoms with Crippen LogP contribution in [0.25, 0.3) is 0 Å². The van der Waals surface area contributed by atoms with Crippen LogP contribution >= 0.6 is 12.6 Å². The van der Waals surface area contributed by atoms with Crippen molar-refractivity contribution >= 4 is 12.6 Å². The minimum Gasteiger partial charge on any atom is -0.303 e. The van der Waals surface area contributed by atoms with E-state index in [0.717, 1.165) is 4.57 Å². The summed E-state index contributed by atoms with van der Waals surface area (Å²) in [7, 11) is 3.08. The van der Waals surface area contributed by atoms with Crippen LogP contribution in [0.1, 0.15) is 17.7 Å². The first-order valence-corrected chi connectivity index (χ1v) is 4.41. The molecule has 1 rings (SSSR count). The van der Waals surface area contributed by atoms with Crippen molar-refractivity contribution in [1.29, 1.82) is 0 Å². The van der Waals surface area contributed by atoms with Crippen molar-refractivity contribution in [3.63, 3.8) is 0 Å². The van der Waals surface area contributed by atoms with E-state index in [2.05, 4.69) is 12.6 Å². The Labute approximate surface area is 81.2 Å². The van der Waals surface area contributed by atoms with Crippen LogP contribution < -0.4 is 11.2 Å². The van der Waals surface area contributed by atoms with E-state index in [1.54, 1.807) is 14.0 Å². The maximum Gasteiger partial charge on any atom is 0.330 e. The highest BCUT2D eigenvalue weighted by atomic mass is 32.1. The maximum absolute atomic E-state index is 11.5. The van der Waals surface area contributed by atoms with Gasteiger partial charge in [-0.15, -0.1) is 0 Å². The lowest BCUT2D eigenvalue weighted by atomic mass is 10.2. The molecule has 1 atom stereocenters. The van der Waals surface area contributed by atoms with Gasteiger partial charge in [-0.1, -0.05) is 0 Å². The third-order valence-corrected chi connectivity index (χ3v) is 2.20. The molecule has 1 heterocycles. The van der Waals surface area contributed by atoms with Crippen molar-refractivity contribution in [2.75, 3.05) is 0 Å². The number of rotatable bonds is 1. The first kappa shape index (κ1) is 10.1. The van der Waals surface area contributed by atoms with Crippen molar-refractivity contribution in [3.8, 4) is 0 Å². The molecule has 0 saturated heterocycles. The summed E-state index contributed by atoms with van der Waals surface area (Å²) < 4.78 is 2.46. The molecule has 1 unspecified atom stereocenters. The average Bonchev–Trinajstić information content (AvgIpc) is 2.07. The van der Waals surface area contributed by atoms with Gasteiger partial charge < -0.3 is 4.57 Å². The van der Waals surface area contributed by atoms with Gasteiger partial charge in [0.1, 0.15) is 0 Å². The number of thiol groups is 1. The highest BCUT2D eigenvalue weighted by Crippen LogP contribution is 2.12. The molecule has 0 saturated carbocycles. The second-order valence-electron chi connectivity index (χ2n) is 3.02. The van der Waals surface area contributed by atoms with Gasteiger partial charge in [0.2, 0.25) is 0 Å². The molecule has 4 nitrogen and oxygen atoms in total. The van der Waals surface area contributed by atoms with Crippen LogP contribution in [0.3, 0.4) is 0 Å². The van der Waals surface area contributed by atoms with Gasteiger partial charge in [0.05, 0.1) is 0 Å². The molecule has 5 heteroatoms. The number of aryl methyl sites for hydroxylation is 1. The van der Waals surface area contributed by atoms with Crippen LogP contribution in [0.4, 0.5) is 0 Å². The average molecular weight is 200 g/mol. The molecule has 0 N–H and O–H groups in total. The summed E-state index contributed by atoms with van der Waals surface area (Å²) in [4.78, 5) is 22.7. The number of nitrogens with zero attached hydrogens (tertiary/aromatic N) is 2. The fourth-order valence-corrected chi connectivity index (χ4v) is 1.30. The van der Waals surface area contributed by atoms with Gasteiger partial charge in [-0.3, -0.25) is 9.36 Å². The molecule has 0 aliphatic rings. The van der Waals surface area contributed by atoms with Gasteiger partial charge >= 0.3 is 5.69 Å². The van der Waals surface area contributed by atoms with Gasteiger partial charge in [-0.25, -0.2) is 4.79 Å². The third kappa shape index (κ3) is 1.70. The molecule has 0 aromatic carbocycles. The summed E-state index contributed by atoms with van der Waals surface area (Å²) in [6.07, 6.45) is 1.53. The predicted molar refractivity (Wildman–Crippen MR) is 54.3 cm³/mol. The predicted octanol–water partition coefficient (Wildman–Crippen LogP) is 0.0748. The van der Waals surface area contributed by atoms with Gasteiger partial charge in [-0.2, -0.15) is 12.6 Å². The van der Waals surface area contributed by atoms with Crippen LogP contribution in [-0.2, 0) is 14.1 Å². The van der Waals surface area contributed by atoms with E-state index in [1.165, 1.54) is 17.8 Å². The lowest BCUT2D eigenvalue weighted by molar-refractivity contribution is 0.669. The molecule has 0 amide bonds. The molecule has 1 aromatic heterocycles. The highest BCUT2D eigenvalue weighted by molar-refractivity contribution is 7.80. The molecular formula is C8H12N2O2S. The summed E-state index contributed by atoms with van der Waals surface area (Å²) in [5, 5.41) is -0.162. The van der Waals surface area contributed by atoms with Crippen molar-refractivity contribution in [2.24, 2.45) is 14.1 Å². The Morgan fingerprint density at radius 3 is 2.38 bits per heavy atom. The summed E-state index contributed by atoms with van der Waals surface area (Å²) >= 11 is 4.16. The molecule has 0 fully saturated rings. The van der Waals surface area contributed by atoms with Gasteiger partial charge in [0.15, 0.2) is 0 Å². The largest absolute Gasteiger partial charge is 0.330 e. The van der Waals surface area contributed by atoms with Crippen molar-refractivity contribution in [1.82, 2.24) is 9.13 Å². The quantitative estimate of drug-likeness (QED) is 0.652. The van der Waals surface area contributed by atoms with E-state index in [0.29, 0.717) is 5.56 Å². The van der Waals surface area contributed by atoms with E-state index in [4.69, 9.17) is 0 Å². The van der Waals surface area contributed by atoms with Crippen LogP contribution in [-0.4, -0.2) is 9.13 Å². The first-order valence-electron chi connectivity index (χ1n) is 3.89. The van der Waals surface area contributed by atoms with E-state index in [9.17, 15) is 9.59 Å². The van der Waals surface area contributed by atoms with Gasteiger partial charge in [-0.05, 0) is 6.92 Å². The highest BCUT2D eigenvalue weighted by Gasteiger charge is 2.09. The smallest absolute Gasteiger partial charge is 0.303 e. The Morgan fingerprint density at radius 1 is 1.38 bits per heavy atom. The Balaban J connectivity index is 3.60. The maximum atomic E-state index is 11.5. The van der Waals surface area contributed by atoms with Crippen LogP contribution in [0.5, 0.6) is 0 Å². The fraction of sp³-hybridized carbons (Fsp3) is 0.500. The molecule has 13 heavy (non-hydrogen) atoms. The number of hydrogen-bond acceptors (Lipinski definition) is 3. The minimum absolute atomic E-state index is 0.162. The summed E-state index contributed by atoms with van der Waals surface area (Å²) in [5.74, 6) is 0. The second kappa shape index (κ2) is 3.41. The Hall–Kier alpha value is -0.970. The third-order valence-electron chi connectivity index (χ3n) is 1.92. The molecule has 72 valence electrons. The van der Waals surface area contributed by atoms with Crippen molar-refractivity contribution < 1.29 is 0 Å². The Bertz CT molecular complexity index is 431. The molecule has 0 bridgehead atoms. The van der Waals surface area contributed by atoms with Gasteiger partial charge in [0.25, 0.3) is 5.56 Å². The van der Waals surface area contributed by atoms with Crippen LogP contribution in [0, 0.1) is 0 Å². The number of hydrogen-bond donors (Lipinski definition) is 1. The summed E-state index contributed by atoms with van der Waals surface area (Å²) in [6.45, 7) is 1.80. The monoisotopic (exact) mass is 200 g/mol. The standard InChI is InChI=1S/C8H12N2O2S/c1-5(13)6-4-9(2)8(12)10(3)7(6)11/h4-5,13H,1-3H3. The van der Waals surface area contributed by atoms with Crippen molar-refractivity contribution in [2.45, 2.75) is 12.2 Å². The molecule has 0 aliphatic carbocycles. The Kier molecular flexibility index (Phi) is 2.66. The molecular weight excluding hydrogens is 188 g/mol. The minimum atomic E-state index is -0.317. The second-order valence-corrected chi connectivity index (χ2v) is 3.79. The van der Waals surface area contributed by atoms with Gasteiger partial charge in [0, 0.05) is 31.1 Å². The van der Waals surface area contributed by atoms with Crippen molar-refractivity contribution in [3.05, 3.63) is 32.6 Å². The lowest BCUT2D eigenvalue weighted by Crippen LogP contribution is -2.38. The zero-order valence-electron chi connectivity index (χ0n) is 7.81. The zero-order valence-corrected chi connectivity index (χ0v) is 8.71. The van der Waals surface area contributed by atoms with Crippen LogP contribution in [0.2, 0.25) is 0 Å². The Morgan fingerprint density at radius 2 is 1.92 bits per heavy atom. The lowest BCUT2D eigenvalue weighted by Gasteiger charge is -2.07. The topological polar surface area (TPSA) is 44.0 Å². The first-order chi connectivity index (χ1) is 5.95. The fourth-order valence-electron chi connectivity index (χ4n) is 1.12. The normalized spacial score (nSPS) is 12.9. The SMILES string of the molecule is CC(S)c1cn(C)c(=O)n(C)c1=O. The zero-order chi connectivity index (χ0) is 10.2. The summed E-state index contributed by atoms with van der Waals surface area (Å²) in [5.41, 5.74) is -0.0544. The number of aromatic nitrogens is 2. The molecule has 0 spiro atoms. The van der Waals surface area contributed by atoms with Crippen LogP contribution in [0.15, 0.2) is 15.8 Å². The van der Waals surface area contributed by atoms with E-state index >= 15 is 0 Å². The van der Waals surface area contributed by atoms with E-state index in [1.807, 2.05) is 0 Å². The molecule has 0 aliphatic heterocycles. The van der Waals surface area contributed by atoms with E-state index in [-0.39, 0.29) is 16.5 Å². The molecule has 0 radical (unpaired) electrons.